The normalized spacial score (nSPS) is 8.43. The molecule has 0 unspecified atom stereocenters. The Morgan fingerprint density at radius 1 is 1.00 bits per heavy atom. The van der Waals surface area contributed by atoms with E-state index in [1.165, 1.54) is 0 Å². The van der Waals surface area contributed by atoms with Crippen molar-refractivity contribution in [1.82, 2.24) is 0 Å². The molecule has 34 valence electrons. The van der Waals surface area contributed by atoms with E-state index in [9.17, 15) is 4.57 Å². The van der Waals surface area contributed by atoms with Crippen LogP contribution in [-0.4, -0.2) is 59.1 Å². The zero-order valence-corrected chi connectivity index (χ0v) is 9.48. The summed E-state index contributed by atoms with van der Waals surface area (Å²) in [7, 11) is -3.14. The molecule has 0 bridgehead atoms. The van der Waals surface area contributed by atoms with Gasteiger partial charge in [-0.15, -0.1) is 0 Å². The summed E-state index contributed by atoms with van der Waals surface area (Å²) in [5, 5.41) is 0. The molecule has 0 rings (SSSR count). The van der Waals surface area contributed by atoms with Crippen LogP contribution in [0.4, 0.5) is 0 Å². The minimum Gasteiger partial charge on any atom is -0.272 e. The summed E-state index contributed by atoms with van der Waals surface area (Å²) < 4.78 is 9.55. The van der Waals surface area contributed by atoms with Gasteiger partial charge in [0.1, 0.15) is 0 Å². The molecule has 6 N–H and O–H groups in total. The molecular weight excluding hydrogens is 135 g/mol. The third-order valence-corrected chi connectivity index (χ3v) is 0. The molecule has 0 fully saturated rings. The van der Waals surface area contributed by atoms with E-state index in [1.807, 2.05) is 0 Å². The van der Waals surface area contributed by atoms with Gasteiger partial charge in [0.2, 0.25) is 0 Å². The van der Waals surface area contributed by atoms with Crippen molar-refractivity contribution in [2.45, 2.75) is 0 Å². The van der Waals surface area contributed by atoms with Crippen molar-refractivity contribution >= 4 is 66.7 Å². The van der Waals surface area contributed by atoms with Gasteiger partial charge in [0.15, 0.2) is 0 Å². The van der Waals surface area contributed by atoms with E-state index in [0.29, 0.717) is 0 Å². The monoisotopic (exact) mass is 141 g/mol. The number of rotatable bonds is 0. The Balaban J connectivity index is -0.0000000800. The Bertz CT molecular complexity index is 59.1. The Kier molecular flexibility index (Phi) is 14.3. The molecule has 7 heteroatoms. The Morgan fingerprint density at radius 2 is 1.00 bits per heavy atom. The van der Waals surface area contributed by atoms with Crippen LogP contribution in [0, 0.1) is 0 Å². The topological polar surface area (TPSA) is 95.1 Å². The molecule has 7 heavy (non-hydrogen) atoms. The fraction of sp³-hybridized carbons (Fsp3) is 0. The Morgan fingerprint density at radius 3 is 1.00 bits per heavy atom. The van der Waals surface area contributed by atoms with Crippen molar-refractivity contribution in [3.8, 4) is 0 Å². The summed E-state index contributed by atoms with van der Waals surface area (Å²) >= 11 is 0. The van der Waals surface area contributed by atoms with Crippen LogP contribution in [0.5, 0.6) is 0 Å². The quantitative estimate of drug-likeness (QED) is 0.274. The van der Waals surface area contributed by atoms with Gasteiger partial charge in [-0.25, -0.2) is 0 Å². The molecule has 0 aliphatic carbocycles. The third kappa shape index (κ3) is 68.0. The molecule has 2 radical (unpaired) electrons. The second-order valence-corrected chi connectivity index (χ2v) is 2.29. The van der Waals surface area contributed by atoms with Crippen molar-refractivity contribution in [3.05, 3.63) is 0 Å². The maximum atomic E-state index is 9.55. The molecule has 0 aliphatic heterocycles. The van der Waals surface area contributed by atoms with Gasteiger partial charge in [-0.2, -0.15) is 0 Å². The number of hydrogen-bond acceptors (Lipinski definition) is 1. The van der Waals surface area contributed by atoms with E-state index in [4.69, 9.17) is 0 Å². The molecule has 0 heterocycles. The minimum atomic E-state index is -3.14. The average molecular weight is 141 g/mol. The second-order valence-electron chi connectivity index (χ2n) is 0.763. The van der Waals surface area contributed by atoms with Crippen molar-refractivity contribution in [1.29, 1.82) is 0 Å². The van der Waals surface area contributed by atoms with Gasteiger partial charge in [-0.3, -0.25) is 21.1 Å². The molecule has 0 spiro atoms. The van der Waals surface area contributed by atoms with Crippen LogP contribution in [0.15, 0.2) is 0 Å². The molecule has 0 aromatic carbocycles. The van der Waals surface area contributed by atoms with Gasteiger partial charge in [-0.1, -0.05) is 0 Å². The second kappa shape index (κ2) is 6.23. The fourth-order valence-corrected chi connectivity index (χ4v) is 0. The van der Waals surface area contributed by atoms with Gasteiger partial charge in [-0.05, 0) is 0 Å². The zero-order valence-electron chi connectivity index (χ0n) is 4.59. The van der Waals surface area contributed by atoms with Gasteiger partial charge in [0.25, 0.3) is 7.59 Å². The molecular formula is H6N3Na2OP. The largest absolute Gasteiger partial charge is 0.272 e. The molecule has 0 amide bonds. The summed E-state index contributed by atoms with van der Waals surface area (Å²) in [6.45, 7) is 0. The zero-order chi connectivity index (χ0) is 4.50. The van der Waals surface area contributed by atoms with Gasteiger partial charge >= 0.3 is 0 Å². The first kappa shape index (κ1) is 16.1. The van der Waals surface area contributed by atoms with E-state index in [1.54, 1.807) is 0 Å². The van der Waals surface area contributed by atoms with Gasteiger partial charge < -0.3 is 0 Å². The Labute approximate surface area is 86.7 Å². The van der Waals surface area contributed by atoms with Crippen LogP contribution in [0.3, 0.4) is 0 Å². The van der Waals surface area contributed by atoms with E-state index in [2.05, 4.69) is 16.5 Å². The van der Waals surface area contributed by atoms with Crippen molar-refractivity contribution in [3.63, 3.8) is 0 Å². The van der Waals surface area contributed by atoms with Crippen LogP contribution < -0.4 is 16.5 Å². The van der Waals surface area contributed by atoms with E-state index < -0.39 is 7.59 Å². The smallest absolute Gasteiger partial charge is 0.271 e. The first-order valence-corrected chi connectivity index (χ1v) is 2.87. The maximum Gasteiger partial charge on any atom is 0.271 e. The van der Waals surface area contributed by atoms with Gasteiger partial charge in [0, 0.05) is 59.1 Å². The molecule has 0 saturated carbocycles. The van der Waals surface area contributed by atoms with Gasteiger partial charge in [0.05, 0.1) is 0 Å². The van der Waals surface area contributed by atoms with Crippen molar-refractivity contribution in [2.75, 3.05) is 0 Å². The van der Waals surface area contributed by atoms with E-state index in [-0.39, 0.29) is 59.1 Å². The van der Waals surface area contributed by atoms with Crippen molar-refractivity contribution in [2.24, 2.45) is 16.5 Å². The molecule has 0 aromatic rings. The minimum absolute atomic E-state index is 0. The molecule has 0 saturated heterocycles. The first-order chi connectivity index (χ1) is 2.00. The predicted molar refractivity (Wildman–Crippen MR) is 31.7 cm³/mol. The number of hydrogen-bond donors (Lipinski definition) is 3. The summed E-state index contributed by atoms with van der Waals surface area (Å²) in [5.41, 5.74) is 13.4. The SMILES string of the molecule is NP(N)(N)=O.[Na].[Na]. The van der Waals surface area contributed by atoms with E-state index >= 15 is 0 Å². The predicted octanol–water partition coefficient (Wildman–Crippen LogP) is -1.79. The Hall–Kier alpha value is 2.11. The van der Waals surface area contributed by atoms with Crippen LogP contribution in [0.25, 0.3) is 0 Å². The maximum absolute atomic E-state index is 9.55. The standard InChI is InChI=1S/H6N3OP.2Na/c1-5(2,3)4;;/h(H6,1,2,3,4);;. The molecule has 0 aliphatic rings. The van der Waals surface area contributed by atoms with Crippen LogP contribution >= 0.6 is 7.59 Å². The van der Waals surface area contributed by atoms with E-state index in [0.717, 1.165) is 0 Å². The summed E-state index contributed by atoms with van der Waals surface area (Å²) in [6, 6.07) is 0. The van der Waals surface area contributed by atoms with Crippen LogP contribution in [-0.2, 0) is 4.57 Å². The van der Waals surface area contributed by atoms with Crippen molar-refractivity contribution < 1.29 is 4.57 Å². The molecule has 4 nitrogen and oxygen atoms in total. The fourth-order valence-electron chi connectivity index (χ4n) is 0. The molecule has 0 aromatic heterocycles. The van der Waals surface area contributed by atoms with Crippen LogP contribution in [0.2, 0.25) is 0 Å². The summed E-state index contributed by atoms with van der Waals surface area (Å²) in [6.07, 6.45) is 0. The first-order valence-electron chi connectivity index (χ1n) is 0.957. The summed E-state index contributed by atoms with van der Waals surface area (Å²) in [5.74, 6) is 0. The number of nitrogens with two attached hydrogens (primary N) is 3. The molecule has 0 atom stereocenters. The summed E-state index contributed by atoms with van der Waals surface area (Å²) in [4.78, 5) is 0. The third-order valence-electron chi connectivity index (χ3n) is 0. The average Bonchev–Trinajstić information content (AvgIpc) is 0.722. The van der Waals surface area contributed by atoms with Crippen LogP contribution in [0.1, 0.15) is 0 Å².